The van der Waals surface area contributed by atoms with E-state index in [9.17, 15) is 29.1 Å². The average molecular weight is 726 g/mol. The van der Waals surface area contributed by atoms with Gasteiger partial charge in [-0.3, -0.25) is 14.4 Å². The third-order valence-corrected chi connectivity index (χ3v) is 10.6. The summed E-state index contributed by atoms with van der Waals surface area (Å²) >= 11 is 0. The van der Waals surface area contributed by atoms with Crippen LogP contribution in [0, 0.1) is 12.8 Å². The summed E-state index contributed by atoms with van der Waals surface area (Å²) in [6.07, 6.45) is 5.08. The minimum atomic E-state index is -1.13. The number of para-hydroxylation sites is 1. The molecule has 0 aromatic heterocycles. The van der Waals surface area contributed by atoms with Gasteiger partial charge in [0.1, 0.15) is 11.6 Å². The predicted octanol–water partition coefficient (Wildman–Crippen LogP) is 6.62. The number of ether oxygens (including phenoxy) is 2. The van der Waals surface area contributed by atoms with E-state index in [4.69, 9.17) is 9.47 Å². The number of aliphatic carboxylic acids is 1. The Kier molecular flexibility index (Phi) is 11.2. The van der Waals surface area contributed by atoms with Gasteiger partial charge >= 0.3 is 18.0 Å². The molecule has 0 bridgehead atoms. The van der Waals surface area contributed by atoms with E-state index in [1.807, 2.05) is 43.3 Å². The fourth-order valence-electron chi connectivity index (χ4n) is 7.49. The zero-order valence-electron chi connectivity index (χ0n) is 30.4. The van der Waals surface area contributed by atoms with Gasteiger partial charge in [-0.15, -0.1) is 0 Å². The van der Waals surface area contributed by atoms with Crippen molar-refractivity contribution in [3.05, 3.63) is 83.4 Å². The van der Waals surface area contributed by atoms with Gasteiger partial charge in [-0.05, 0) is 79.1 Å². The van der Waals surface area contributed by atoms with E-state index in [1.165, 1.54) is 14.2 Å². The Labute approximate surface area is 309 Å². The molecule has 13 heteroatoms. The third-order valence-electron chi connectivity index (χ3n) is 10.6. The minimum Gasteiger partial charge on any atom is -0.493 e. The predicted molar refractivity (Wildman–Crippen MR) is 198 cm³/mol. The molecule has 1 saturated heterocycles. The molecule has 1 aliphatic heterocycles. The van der Waals surface area contributed by atoms with Crippen molar-refractivity contribution in [3.8, 4) is 11.5 Å². The second-order valence-electron chi connectivity index (χ2n) is 14.2. The molecule has 6 amide bonds. The number of amides is 6. The monoisotopic (exact) mass is 725 g/mol. The van der Waals surface area contributed by atoms with Gasteiger partial charge in [0, 0.05) is 17.9 Å². The number of rotatable bonds is 14. The van der Waals surface area contributed by atoms with Crippen molar-refractivity contribution in [2.75, 3.05) is 24.9 Å². The highest BCUT2D eigenvalue weighted by Gasteiger charge is 2.60. The van der Waals surface area contributed by atoms with Crippen LogP contribution in [0.3, 0.4) is 0 Å². The lowest BCUT2D eigenvalue weighted by atomic mass is 9.80. The molecule has 280 valence electrons. The number of imide groups is 1. The summed E-state index contributed by atoms with van der Waals surface area (Å²) in [5, 5.41) is 18.3. The zero-order valence-corrected chi connectivity index (χ0v) is 30.4. The Balaban J connectivity index is 1.23. The molecule has 53 heavy (non-hydrogen) atoms. The van der Waals surface area contributed by atoms with Gasteiger partial charge in [-0.25, -0.2) is 14.5 Å². The Hall–Kier alpha value is -5.59. The summed E-state index contributed by atoms with van der Waals surface area (Å²) in [7, 11) is 2.96. The van der Waals surface area contributed by atoms with Crippen molar-refractivity contribution in [1.29, 1.82) is 0 Å². The van der Waals surface area contributed by atoms with Crippen LogP contribution < -0.4 is 25.4 Å². The highest BCUT2D eigenvalue weighted by atomic mass is 16.5. The number of nitrogens with zero attached hydrogens (tertiary/aromatic N) is 2. The standard InChI is InChI=1S/C40H47N5O8/c1-25-9-5-6-10-30(25)43-38(50)41-29-16-13-27(14-17-29)24-44-39(51)45(37(49)40(44)19-7-4-8-20-40)32(21-26-11-12-26)36(48)42-31(23-35(46)47)28-15-18-33(52-2)34(22-28)53-3/h5-6,9-10,13-18,22,26,31-32H,4,7-8,11-12,19-21,23-24H2,1-3H3,(H,42,48)(H,46,47)(H2,41,43,50). The molecule has 2 atom stereocenters. The molecule has 2 saturated carbocycles. The Morgan fingerprint density at radius 1 is 0.906 bits per heavy atom. The molecule has 1 spiro atoms. The van der Waals surface area contributed by atoms with E-state index in [0.717, 1.165) is 48.1 Å². The van der Waals surface area contributed by atoms with Crippen LogP contribution in [-0.4, -0.2) is 70.6 Å². The quantitative estimate of drug-likeness (QED) is 0.135. The first-order chi connectivity index (χ1) is 25.5. The van der Waals surface area contributed by atoms with Gasteiger partial charge in [0.05, 0.1) is 26.7 Å². The lowest BCUT2D eigenvalue weighted by Gasteiger charge is -2.38. The maximum absolute atomic E-state index is 14.6. The number of benzene rings is 3. The van der Waals surface area contributed by atoms with Gasteiger partial charge in [-0.1, -0.05) is 68.5 Å². The van der Waals surface area contributed by atoms with Gasteiger partial charge in [-0.2, -0.15) is 0 Å². The van der Waals surface area contributed by atoms with Crippen molar-refractivity contribution >= 4 is 41.2 Å². The van der Waals surface area contributed by atoms with Crippen molar-refractivity contribution < 1.29 is 38.6 Å². The SMILES string of the molecule is COc1ccc(C(CC(=O)O)NC(=O)C(CC2CC2)N2C(=O)N(Cc3ccc(NC(=O)Nc4ccccc4C)cc3)C3(CCCCC3)C2=O)cc1OC. The van der Waals surface area contributed by atoms with E-state index in [1.54, 1.807) is 35.2 Å². The molecular weight excluding hydrogens is 678 g/mol. The second kappa shape index (κ2) is 16.0. The number of carbonyl (C=O) groups is 5. The van der Waals surface area contributed by atoms with Crippen LogP contribution >= 0.6 is 0 Å². The van der Waals surface area contributed by atoms with Crippen LogP contribution in [-0.2, 0) is 20.9 Å². The maximum Gasteiger partial charge on any atom is 0.328 e. The number of hydrogen-bond donors (Lipinski definition) is 4. The van der Waals surface area contributed by atoms with Crippen LogP contribution in [0.5, 0.6) is 11.5 Å². The fraction of sp³-hybridized carbons (Fsp3) is 0.425. The number of urea groups is 2. The zero-order chi connectivity index (χ0) is 37.7. The summed E-state index contributed by atoms with van der Waals surface area (Å²) in [5.41, 5.74) is 2.35. The van der Waals surface area contributed by atoms with E-state index >= 15 is 0 Å². The summed E-state index contributed by atoms with van der Waals surface area (Å²) in [4.78, 5) is 70.8. The smallest absolute Gasteiger partial charge is 0.328 e. The molecule has 2 unspecified atom stereocenters. The lowest BCUT2D eigenvalue weighted by molar-refractivity contribution is -0.142. The molecule has 4 N–H and O–H groups in total. The molecule has 3 aromatic carbocycles. The number of carboxylic acids is 1. The number of hydrogen-bond acceptors (Lipinski definition) is 7. The molecule has 3 fully saturated rings. The van der Waals surface area contributed by atoms with Gasteiger partial charge in [0.2, 0.25) is 5.91 Å². The van der Waals surface area contributed by atoms with Crippen LogP contribution in [0.2, 0.25) is 0 Å². The van der Waals surface area contributed by atoms with Gasteiger partial charge in [0.25, 0.3) is 5.91 Å². The first-order valence-electron chi connectivity index (χ1n) is 18.1. The number of anilines is 2. The first kappa shape index (κ1) is 37.2. The summed E-state index contributed by atoms with van der Waals surface area (Å²) < 4.78 is 10.7. The summed E-state index contributed by atoms with van der Waals surface area (Å²) in [6.45, 7) is 2.05. The topological polar surface area (TPSA) is 167 Å². The molecule has 3 aliphatic rings. The Morgan fingerprint density at radius 3 is 2.25 bits per heavy atom. The molecule has 6 rings (SSSR count). The Morgan fingerprint density at radius 2 is 1.60 bits per heavy atom. The van der Waals surface area contributed by atoms with Gasteiger partial charge in [0.15, 0.2) is 11.5 Å². The fourth-order valence-corrected chi connectivity index (χ4v) is 7.49. The highest BCUT2D eigenvalue weighted by Crippen LogP contribution is 2.44. The molecule has 13 nitrogen and oxygen atoms in total. The minimum absolute atomic E-state index is 0.141. The van der Waals surface area contributed by atoms with Crippen molar-refractivity contribution in [2.24, 2.45) is 5.92 Å². The normalized spacial score (nSPS) is 17.6. The summed E-state index contributed by atoms with van der Waals surface area (Å²) in [6, 6.07) is 16.5. The Bertz CT molecular complexity index is 1850. The van der Waals surface area contributed by atoms with Crippen LogP contribution in [0.25, 0.3) is 0 Å². The van der Waals surface area contributed by atoms with Crippen LogP contribution in [0.15, 0.2) is 66.7 Å². The molecule has 3 aromatic rings. The highest BCUT2D eigenvalue weighted by molar-refractivity contribution is 6.10. The first-order valence-corrected chi connectivity index (χ1v) is 18.1. The van der Waals surface area contributed by atoms with E-state index < -0.39 is 42.0 Å². The number of carbonyl (C=O) groups excluding carboxylic acids is 4. The van der Waals surface area contributed by atoms with Crippen molar-refractivity contribution in [1.82, 2.24) is 15.1 Å². The maximum atomic E-state index is 14.6. The molecule has 2 aliphatic carbocycles. The van der Waals surface area contributed by atoms with Gasteiger partial charge < -0.3 is 35.4 Å². The molecular formula is C40H47N5O8. The van der Waals surface area contributed by atoms with E-state index in [-0.39, 0.29) is 24.4 Å². The number of aryl methyl sites for hydroxylation is 1. The third kappa shape index (κ3) is 8.24. The second-order valence-corrected chi connectivity index (χ2v) is 14.2. The van der Waals surface area contributed by atoms with Crippen LogP contribution in [0.1, 0.15) is 80.5 Å². The van der Waals surface area contributed by atoms with E-state index in [0.29, 0.717) is 47.7 Å². The summed E-state index contributed by atoms with van der Waals surface area (Å²) in [5.74, 6) is -1.09. The van der Waals surface area contributed by atoms with E-state index in [2.05, 4.69) is 16.0 Å². The largest absolute Gasteiger partial charge is 0.493 e. The van der Waals surface area contributed by atoms with Crippen molar-refractivity contribution in [3.63, 3.8) is 0 Å². The lowest BCUT2D eigenvalue weighted by Crippen LogP contribution is -2.53. The number of carboxylic acid groups (broad SMARTS) is 1. The number of methoxy groups -OCH3 is 2. The van der Waals surface area contributed by atoms with Crippen LogP contribution in [0.4, 0.5) is 21.0 Å². The average Bonchev–Trinajstić information content (AvgIpc) is 3.96. The number of nitrogens with one attached hydrogen (secondary N) is 3. The molecule has 0 radical (unpaired) electrons. The van der Waals surface area contributed by atoms with Crippen molar-refractivity contribution in [2.45, 2.75) is 88.9 Å². The molecule has 1 heterocycles.